The van der Waals surface area contributed by atoms with Gasteiger partial charge in [0.15, 0.2) is 0 Å². The second kappa shape index (κ2) is 6.20. The van der Waals surface area contributed by atoms with Gasteiger partial charge in [-0.2, -0.15) is 0 Å². The number of benzene rings is 2. The van der Waals surface area contributed by atoms with Crippen molar-refractivity contribution in [3.05, 3.63) is 63.1 Å². The van der Waals surface area contributed by atoms with Crippen molar-refractivity contribution < 1.29 is 9.84 Å². The number of aliphatic hydroxyl groups excluding tert-OH is 1. The predicted molar refractivity (Wildman–Crippen MR) is 87.8 cm³/mol. The molecule has 0 saturated carbocycles. The van der Waals surface area contributed by atoms with Gasteiger partial charge in [-0.1, -0.05) is 34.1 Å². The Bertz CT molecular complexity index is 652. The van der Waals surface area contributed by atoms with Gasteiger partial charge in [0.2, 0.25) is 0 Å². The summed E-state index contributed by atoms with van der Waals surface area (Å²) in [6, 6.07) is 12.4. The van der Waals surface area contributed by atoms with Crippen LogP contribution in [0.25, 0.3) is 0 Å². The maximum atomic E-state index is 10.4. The van der Waals surface area contributed by atoms with Gasteiger partial charge in [0.05, 0.1) is 12.7 Å². The number of hydrogen-bond acceptors (Lipinski definition) is 2. The summed E-state index contributed by atoms with van der Waals surface area (Å²) in [7, 11) is 0. The third-order valence-corrected chi connectivity index (χ3v) is 4.54. The number of aryl methyl sites for hydroxylation is 2. The number of rotatable bonds is 4. The Morgan fingerprint density at radius 2 is 2.10 bits per heavy atom. The van der Waals surface area contributed by atoms with Gasteiger partial charge in [-0.15, -0.1) is 0 Å². The molecule has 3 heteroatoms. The Morgan fingerprint density at radius 3 is 2.90 bits per heavy atom. The van der Waals surface area contributed by atoms with Crippen LogP contribution in [0.5, 0.6) is 5.75 Å². The van der Waals surface area contributed by atoms with Gasteiger partial charge < -0.3 is 9.84 Å². The lowest BCUT2D eigenvalue weighted by atomic mass is 9.97. The van der Waals surface area contributed by atoms with Crippen molar-refractivity contribution in [3.8, 4) is 5.75 Å². The van der Waals surface area contributed by atoms with E-state index in [-0.39, 0.29) is 0 Å². The Kier molecular flexibility index (Phi) is 4.32. The zero-order chi connectivity index (χ0) is 14.8. The average Bonchev–Trinajstić information content (AvgIpc) is 2.92. The third kappa shape index (κ3) is 3.30. The molecule has 110 valence electrons. The van der Waals surface area contributed by atoms with Crippen LogP contribution in [0.3, 0.4) is 0 Å². The summed E-state index contributed by atoms with van der Waals surface area (Å²) >= 11 is 3.46. The van der Waals surface area contributed by atoms with E-state index in [1.807, 2.05) is 25.1 Å². The molecule has 2 aromatic carbocycles. The average molecular weight is 347 g/mol. The Morgan fingerprint density at radius 1 is 1.24 bits per heavy atom. The number of ether oxygens (including phenoxy) is 1. The molecular formula is C18H19BrO2. The second-order valence-corrected chi connectivity index (χ2v) is 6.51. The van der Waals surface area contributed by atoms with E-state index < -0.39 is 6.10 Å². The molecule has 21 heavy (non-hydrogen) atoms. The molecule has 0 radical (unpaired) electrons. The lowest BCUT2D eigenvalue weighted by molar-refractivity contribution is 0.167. The highest BCUT2D eigenvalue weighted by atomic mass is 79.9. The quantitative estimate of drug-likeness (QED) is 0.891. The second-order valence-electron chi connectivity index (χ2n) is 5.60. The van der Waals surface area contributed by atoms with Gasteiger partial charge in [0.25, 0.3) is 0 Å². The zero-order valence-electron chi connectivity index (χ0n) is 12.1. The van der Waals surface area contributed by atoms with E-state index in [0.29, 0.717) is 0 Å². The molecule has 1 heterocycles. The van der Waals surface area contributed by atoms with E-state index >= 15 is 0 Å². The van der Waals surface area contributed by atoms with Crippen LogP contribution in [0.15, 0.2) is 40.9 Å². The molecule has 2 aromatic rings. The van der Waals surface area contributed by atoms with Gasteiger partial charge in [0, 0.05) is 10.9 Å². The van der Waals surface area contributed by atoms with E-state index in [2.05, 4.69) is 34.1 Å². The smallest absolute Gasteiger partial charge is 0.122 e. The van der Waals surface area contributed by atoms with Gasteiger partial charge >= 0.3 is 0 Å². The molecule has 2 nitrogen and oxygen atoms in total. The predicted octanol–water partition coefficient (Wildman–Crippen LogP) is 4.36. The first-order valence-corrected chi connectivity index (χ1v) is 8.11. The Labute approximate surface area is 133 Å². The van der Waals surface area contributed by atoms with Gasteiger partial charge in [-0.25, -0.2) is 0 Å². The summed E-state index contributed by atoms with van der Waals surface area (Å²) < 4.78 is 6.57. The molecular weight excluding hydrogens is 328 g/mol. The van der Waals surface area contributed by atoms with Crippen molar-refractivity contribution in [2.45, 2.75) is 32.3 Å². The highest BCUT2D eigenvalue weighted by molar-refractivity contribution is 9.10. The molecule has 1 unspecified atom stereocenters. The van der Waals surface area contributed by atoms with E-state index in [1.165, 1.54) is 11.1 Å². The molecule has 0 spiro atoms. The topological polar surface area (TPSA) is 29.5 Å². The largest absolute Gasteiger partial charge is 0.493 e. The first kappa shape index (κ1) is 14.6. The Balaban J connectivity index is 1.67. The fraction of sp³-hybridized carbons (Fsp3) is 0.333. The van der Waals surface area contributed by atoms with Crippen molar-refractivity contribution in [3.63, 3.8) is 0 Å². The minimum absolute atomic E-state index is 0.414. The van der Waals surface area contributed by atoms with Crippen LogP contribution in [0.2, 0.25) is 0 Å². The molecule has 0 bridgehead atoms. The summed E-state index contributed by atoms with van der Waals surface area (Å²) in [5.41, 5.74) is 4.71. The standard InChI is InChI=1S/C18H19BrO2/c1-12-10-15(19)4-5-16(12)17(20)6-2-13-3-7-18-14(11-13)8-9-21-18/h3-5,7,10-11,17,20H,2,6,8-9H2,1H3. The monoisotopic (exact) mass is 346 g/mol. The van der Waals surface area contributed by atoms with E-state index in [0.717, 1.165) is 47.2 Å². The highest BCUT2D eigenvalue weighted by Crippen LogP contribution is 2.28. The van der Waals surface area contributed by atoms with E-state index in [4.69, 9.17) is 4.74 Å². The van der Waals surface area contributed by atoms with E-state index in [1.54, 1.807) is 0 Å². The van der Waals surface area contributed by atoms with Crippen molar-refractivity contribution in [2.75, 3.05) is 6.61 Å². The molecule has 1 aliphatic heterocycles. The SMILES string of the molecule is Cc1cc(Br)ccc1C(O)CCc1ccc2c(c1)CCO2. The van der Waals surface area contributed by atoms with Crippen molar-refractivity contribution in [1.82, 2.24) is 0 Å². The van der Waals surface area contributed by atoms with Gasteiger partial charge in [-0.3, -0.25) is 0 Å². The van der Waals surface area contributed by atoms with Crippen LogP contribution < -0.4 is 4.74 Å². The molecule has 0 amide bonds. The number of aliphatic hydroxyl groups is 1. The third-order valence-electron chi connectivity index (χ3n) is 4.05. The summed E-state index contributed by atoms with van der Waals surface area (Å²) in [4.78, 5) is 0. The maximum Gasteiger partial charge on any atom is 0.122 e. The molecule has 0 fully saturated rings. The normalized spacial score (nSPS) is 14.6. The van der Waals surface area contributed by atoms with Crippen LogP contribution >= 0.6 is 15.9 Å². The number of fused-ring (bicyclic) bond motifs is 1. The molecule has 1 N–H and O–H groups in total. The minimum Gasteiger partial charge on any atom is -0.493 e. The fourth-order valence-electron chi connectivity index (χ4n) is 2.87. The number of hydrogen-bond donors (Lipinski definition) is 1. The molecule has 0 aromatic heterocycles. The molecule has 1 atom stereocenters. The van der Waals surface area contributed by atoms with Crippen LogP contribution in [-0.2, 0) is 12.8 Å². The van der Waals surface area contributed by atoms with Crippen molar-refractivity contribution >= 4 is 15.9 Å². The number of halogens is 1. The maximum absolute atomic E-state index is 10.4. The lowest BCUT2D eigenvalue weighted by Gasteiger charge is -2.14. The van der Waals surface area contributed by atoms with Crippen LogP contribution in [0, 0.1) is 6.92 Å². The molecule has 0 saturated heterocycles. The Hall–Kier alpha value is -1.32. The summed E-state index contributed by atoms with van der Waals surface area (Å²) in [6.07, 6.45) is 2.20. The summed E-state index contributed by atoms with van der Waals surface area (Å²) in [5.74, 6) is 1.02. The molecule has 1 aliphatic rings. The fourth-order valence-corrected chi connectivity index (χ4v) is 3.34. The molecule has 0 aliphatic carbocycles. The lowest BCUT2D eigenvalue weighted by Crippen LogP contribution is -2.02. The van der Waals surface area contributed by atoms with E-state index in [9.17, 15) is 5.11 Å². The van der Waals surface area contributed by atoms with Gasteiger partial charge in [0.1, 0.15) is 5.75 Å². The molecule has 3 rings (SSSR count). The van der Waals surface area contributed by atoms with Crippen molar-refractivity contribution in [1.29, 1.82) is 0 Å². The van der Waals surface area contributed by atoms with Gasteiger partial charge in [-0.05, 0) is 60.2 Å². The first-order valence-electron chi connectivity index (χ1n) is 7.32. The van der Waals surface area contributed by atoms with Crippen LogP contribution in [-0.4, -0.2) is 11.7 Å². The highest BCUT2D eigenvalue weighted by Gasteiger charge is 2.14. The summed E-state index contributed by atoms with van der Waals surface area (Å²) in [5, 5.41) is 10.4. The van der Waals surface area contributed by atoms with Crippen LogP contribution in [0.4, 0.5) is 0 Å². The first-order chi connectivity index (χ1) is 10.1. The zero-order valence-corrected chi connectivity index (χ0v) is 13.7. The minimum atomic E-state index is -0.414. The summed E-state index contributed by atoms with van der Waals surface area (Å²) in [6.45, 7) is 2.83. The van der Waals surface area contributed by atoms with Crippen LogP contribution in [0.1, 0.15) is 34.8 Å². The van der Waals surface area contributed by atoms with Crippen molar-refractivity contribution in [2.24, 2.45) is 0 Å².